The molecule has 1 fully saturated rings. The molecule has 2 aromatic carbocycles. The van der Waals surface area contributed by atoms with Crippen LogP contribution in [-0.4, -0.2) is 43.3 Å². The van der Waals surface area contributed by atoms with Crippen LogP contribution in [0.25, 0.3) is 0 Å². The highest BCUT2D eigenvalue weighted by atomic mass is 32.2. The lowest BCUT2D eigenvalue weighted by Crippen LogP contribution is -2.61. The number of hydrogen-bond acceptors (Lipinski definition) is 3. The van der Waals surface area contributed by atoms with Crippen LogP contribution in [-0.2, 0) is 28.7 Å². The fourth-order valence-corrected chi connectivity index (χ4v) is 5.22. The third-order valence-corrected chi connectivity index (χ3v) is 6.96. The third kappa shape index (κ3) is 3.34. The minimum Gasteiger partial charge on any atom is -0.293 e. The normalized spacial score (nSPS) is 19.4. The van der Waals surface area contributed by atoms with Crippen LogP contribution in [0.2, 0.25) is 0 Å². The molecule has 132 valence electrons. The van der Waals surface area contributed by atoms with Gasteiger partial charge in [0.2, 0.25) is 10.0 Å². The van der Waals surface area contributed by atoms with Gasteiger partial charge in [-0.2, -0.15) is 4.31 Å². The summed E-state index contributed by atoms with van der Waals surface area (Å²) < 4.78 is 40.2. The maximum Gasteiger partial charge on any atom is 0.218 e. The molecule has 0 N–H and O–H groups in total. The van der Waals surface area contributed by atoms with Crippen LogP contribution in [0, 0.1) is 5.82 Å². The molecule has 4 rings (SSSR count). The van der Waals surface area contributed by atoms with Gasteiger partial charge in [-0.05, 0) is 23.6 Å². The van der Waals surface area contributed by atoms with Crippen LogP contribution >= 0.6 is 0 Å². The first-order valence-electron chi connectivity index (χ1n) is 8.55. The van der Waals surface area contributed by atoms with E-state index in [1.807, 2.05) is 6.07 Å². The Labute approximate surface area is 147 Å². The van der Waals surface area contributed by atoms with E-state index in [9.17, 15) is 12.8 Å². The van der Waals surface area contributed by atoms with E-state index in [0.29, 0.717) is 13.1 Å². The molecule has 6 heteroatoms. The van der Waals surface area contributed by atoms with E-state index < -0.39 is 15.8 Å². The van der Waals surface area contributed by atoms with E-state index in [0.717, 1.165) is 19.5 Å². The maximum absolute atomic E-state index is 13.7. The van der Waals surface area contributed by atoms with Gasteiger partial charge in [0.05, 0.1) is 5.75 Å². The second-order valence-corrected chi connectivity index (χ2v) is 8.78. The predicted molar refractivity (Wildman–Crippen MR) is 94.9 cm³/mol. The second-order valence-electron chi connectivity index (χ2n) is 6.81. The van der Waals surface area contributed by atoms with Crippen molar-refractivity contribution in [3.63, 3.8) is 0 Å². The average Bonchev–Trinajstić information content (AvgIpc) is 2.55. The number of sulfonamides is 1. The number of benzene rings is 2. The molecule has 25 heavy (non-hydrogen) atoms. The molecule has 0 aliphatic carbocycles. The Hall–Kier alpha value is -1.76. The van der Waals surface area contributed by atoms with Gasteiger partial charge < -0.3 is 0 Å². The largest absolute Gasteiger partial charge is 0.293 e. The number of rotatable bonds is 4. The van der Waals surface area contributed by atoms with Gasteiger partial charge in [-0.15, -0.1) is 0 Å². The van der Waals surface area contributed by atoms with Crippen molar-refractivity contribution in [1.29, 1.82) is 0 Å². The predicted octanol–water partition coefficient (Wildman–Crippen LogP) is 2.40. The summed E-state index contributed by atoms with van der Waals surface area (Å²) in [6.07, 6.45) is 1.01. The molecule has 2 aliphatic heterocycles. The Morgan fingerprint density at radius 3 is 2.44 bits per heavy atom. The van der Waals surface area contributed by atoms with Gasteiger partial charge in [0.15, 0.2) is 0 Å². The van der Waals surface area contributed by atoms with Crippen LogP contribution in [0.5, 0.6) is 0 Å². The topological polar surface area (TPSA) is 40.6 Å². The van der Waals surface area contributed by atoms with Crippen molar-refractivity contribution in [3.05, 3.63) is 71.0 Å². The Morgan fingerprint density at radius 2 is 1.68 bits per heavy atom. The fourth-order valence-electron chi connectivity index (χ4n) is 3.61. The molecule has 0 atom stereocenters. The van der Waals surface area contributed by atoms with Crippen molar-refractivity contribution < 1.29 is 12.8 Å². The van der Waals surface area contributed by atoms with E-state index >= 15 is 0 Å². The van der Waals surface area contributed by atoms with Crippen molar-refractivity contribution in [1.82, 2.24) is 9.21 Å². The zero-order valence-corrected chi connectivity index (χ0v) is 14.8. The molecule has 2 aromatic rings. The van der Waals surface area contributed by atoms with Crippen molar-refractivity contribution in [3.8, 4) is 0 Å². The maximum atomic E-state index is 13.7. The molecular weight excluding hydrogens is 339 g/mol. The van der Waals surface area contributed by atoms with Gasteiger partial charge in [0, 0.05) is 37.8 Å². The van der Waals surface area contributed by atoms with Crippen molar-refractivity contribution in [2.45, 2.75) is 24.8 Å². The summed E-state index contributed by atoms with van der Waals surface area (Å²) >= 11 is 0. The second kappa shape index (κ2) is 6.52. The molecule has 2 aliphatic rings. The summed E-state index contributed by atoms with van der Waals surface area (Å²) in [6, 6.07) is 14.7. The molecule has 0 bridgehead atoms. The van der Waals surface area contributed by atoms with E-state index in [1.54, 1.807) is 12.1 Å². The molecule has 0 unspecified atom stereocenters. The minimum atomic E-state index is -3.46. The van der Waals surface area contributed by atoms with E-state index in [1.165, 1.54) is 27.6 Å². The molecule has 0 radical (unpaired) electrons. The van der Waals surface area contributed by atoms with E-state index in [-0.39, 0.29) is 17.4 Å². The number of nitrogens with zero attached hydrogens (tertiary/aromatic N) is 2. The molecule has 2 heterocycles. The van der Waals surface area contributed by atoms with Gasteiger partial charge in [-0.1, -0.05) is 42.5 Å². The van der Waals surface area contributed by atoms with Gasteiger partial charge >= 0.3 is 0 Å². The summed E-state index contributed by atoms with van der Waals surface area (Å²) in [5.41, 5.74) is 2.96. The van der Waals surface area contributed by atoms with Crippen LogP contribution < -0.4 is 0 Å². The number of hydrogen-bond donors (Lipinski definition) is 0. The molecule has 0 aromatic heterocycles. The molecule has 4 nitrogen and oxygen atoms in total. The molecule has 0 spiro atoms. The standard InChI is InChI=1S/C19H21FN2O2S/c20-19-8-4-3-7-17(19)14-25(23,24)22-12-18(13-22)21-10-9-15-5-1-2-6-16(15)11-21/h1-8,18H,9-14H2. The fraction of sp³-hybridized carbons (Fsp3) is 0.368. The summed E-state index contributed by atoms with van der Waals surface area (Å²) in [7, 11) is -3.46. The zero-order chi connectivity index (χ0) is 17.4. The average molecular weight is 360 g/mol. The van der Waals surface area contributed by atoms with Crippen LogP contribution in [0.3, 0.4) is 0 Å². The lowest BCUT2D eigenvalue weighted by molar-refractivity contribution is 0.0768. The van der Waals surface area contributed by atoms with Crippen LogP contribution in [0.15, 0.2) is 48.5 Å². The first kappa shape index (κ1) is 16.7. The monoisotopic (exact) mass is 360 g/mol. The highest BCUT2D eigenvalue weighted by Gasteiger charge is 2.39. The van der Waals surface area contributed by atoms with Gasteiger partial charge in [-0.25, -0.2) is 12.8 Å². The molecule has 0 amide bonds. The summed E-state index contributed by atoms with van der Waals surface area (Å²) in [5.74, 6) is -0.731. The minimum absolute atomic E-state index is 0.234. The first-order valence-corrected chi connectivity index (χ1v) is 10.2. The highest BCUT2D eigenvalue weighted by molar-refractivity contribution is 7.88. The number of halogens is 1. The Kier molecular flexibility index (Phi) is 4.35. The highest BCUT2D eigenvalue weighted by Crippen LogP contribution is 2.27. The molecule has 1 saturated heterocycles. The Balaban J connectivity index is 1.38. The lowest BCUT2D eigenvalue weighted by atomic mass is 9.97. The summed E-state index contributed by atoms with van der Waals surface area (Å²) in [4.78, 5) is 2.36. The van der Waals surface area contributed by atoms with Gasteiger partial charge in [-0.3, -0.25) is 4.90 Å². The smallest absolute Gasteiger partial charge is 0.218 e. The number of fused-ring (bicyclic) bond motifs is 1. The lowest BCUT2D eigenvalue weighted by Gasteiger charge is -2.46. The van der Waals surface area contributed by atoms with E-state index in [2.05, 4.69) is 23.1 Å². The summed E-state index contributed by atoms with van der Waals surface area (Å²) in [6.45, 7) is 2.84. The van der Waals surface area contributed by atoms with Crippen molar-refractivity contribution >= 4 is 10.0 Å². The summed E-state index contributed by atoms with van der Waals surface area (Å²) in [5, 5.41) is 0. The van der Waals surface area contributed by atoms with Gasteiger partial charge in [0.25, 0.3) is 0 Å². The quantitative estimate of drug-likeness (QED) is 0.841. The van der Waals surface area contributed by atoms with Gasteiger partial charge in [0.1, 0.15) is 5.82 Å². The van der Waals surface area contributed by atoms with Crippen LogP contribution in [0.4, 0.5) is 4.39 Å². The van der Waals surface area contributed by atoms with Crippen LogP contribution in [0.1, 0.15) is 16.7 Å². The zero-order valence-electron chi connectivity index (χ0n) is 13.9. The first-order chi connectivity index (χ1) is 12.0. The van der Waals surface area contributed by atoms with Crippen molar-refractivity contribution in [2.75, 3.05) is 19.6 Å². The van der Waals surface area contributed by atoms with Crippen molar-refractivity contribution in [2.24, 2.45) is 0 Å². The molecular formula is C19H21FN2O2S. The molecule has 0 saturated carbocycles. The SMILES string of the molecule is O=S(=O)(Cc1ccccc1F)N1CC(N2CCc3ccccc3C2)C1. The third-order valence-electron chi connectivity index (χ3n) is 5.19. The Bertz CT molecular complexity index is 878. The Morgan fingerprint density at radius 1 is 1.00 bits per heavy atom. The van der Waals surface area contributed by atoms with E-state index in [4.69, 9.17) is 0 Å².